The van der Waals surface area contributed by atoms with Gasteiger partial charge in [0.2, 0.25) is 0 Å². The highest BCUT2D eigenvalue weighted by Crippen LogP contribution is 2.37. The molecule has 0 saturated carbocycles. The van der Waals surface area contributed by atoms with E-state index in [0.717, 1.165) is 45.2 Å². The van der Waals surface area contributed by atoms with E-state index in [1.807, 2.05) is 55.5 Å². The van der Waals surface area contributed by atoms with E-state index in [2.05, 4.69) is 12.1 Å². The second kappa shape index (κ2) is 6.58. The normalized spacial score (nSPS) is 11.7. The second-order valence-corrected chi connectivity index (χ2v) is 6.59. The molecule has 4 rings (SSSR count). The summed E-state index contributed by atoms with van der Waals surface area (Å²) in [7, 11) is 0. The summed E-state index contributed by atoms with van der Waals surface area (Å²) in [6.45, 7) is 2.02. The van der Waals surface area contributed by atoms with Gasteiger partial charge >= 0.3 is 6.18 Å². The fourth-order valence-electron chi connectivity index (χ4n) is 3.18. The van der Waals surface area contributed by atoms with E-state index >= 15 is 0 Å². The number of halogens is 3. The van der Waals surface area contributed by atoms with Crippen molar-refractivity contribution in [2.75, 3.05) is 0 Å². The van der Waals surface area contributed by atoms with Crippen LogP contribution in [0.15, 0.2) is 78.9 Å². The molecule has 0 aromatic heterocycles. The molecule has 0 spiro atoms. The van der Waals surface area contributed by atoms with Crippen LogP contribution in [0, 0.1) is 13.0 Å². The lowest BCUT2D eigenvalue weighted by Crippen LogP contribution is -2.04. The molecule has 0 saturated heterocycles. The molecule has 3 heteroatoms. The Bertz CT molecular complexity index is 1090. The van der Waals surface area contributed by atoms with Gasteiger partial charge in [-0.1, -0.05) is 66.2 Å². The van der Waals surface area contributed by atoms with Crippen molar-refractivity contribution >= 4 is 10.8 Å². The summed E-state index contributed by atoms with van der Waals surface area (Å²) in [5.41, 5.74) is 3.98. The third kappa shape index (κ3) is 3.45. The van der Waals surface area contributed by atoms with Crippen LogP contribution in [0.3, 0.4) is 0 Å². The van der Waals surface area contributed by atoms with Gasteiger partial charge in [-0.3, -0.25) is 0 Å². The summed E-state index contributed by atoms with van der Waals surface area (Å²) >= 11 is 0. The Labute approximate surface area is 155 Å². The maximum atomic E-state index is 12.9. The molecule has 27 heavy (non-hydrogen) atoms. The highest BCUT2D eigenvalue weighted by atomic mass is 19.4. The number of rotatable bonds is 2. The largest absolute Gasteiger partial charge is 0.416 e. The quantitative estimate of drug-likeness (QED) is 0.351. The summed E-state index contributed by atoms with van der Waals surface area (Å²) in [4.78, 5) is 0. The molecular formula is C24H16F3. The van der Waals surface area contributed by atoms with Crippen LogP contribution >= 0.6 is 0 Å². The van der Waals surface area contributed by atoms with Gasteiger partial charge < -0.3 is 0 Å². The minimum Gasteiger partial charge on any atom is -0.166 e. The molecule has 0 atom stereocenters. The van der Waals surface area contributed by atoms with Crippen molar-refractivity contribution in [3.8, 4) is 22.3 Å². The van der Waals surface area contributed by atoms with Crippen LogP contribution in [-0.2, 0) is 6.18 Å². The Morgan fingerprint density at radius 2 is 1.37 bits per heavy atom. The van der Waals surface area contributed by atoms with Gasteiger partial charge in [-0.25, -0.2) is 0 Å². The molecule has 0 amide bonds. The van der Waals surface area contributed by atoms with E-state index in [0.29, 0.717) is 5.56 Å². The molecule has 0 aliphatic rings. The molecule has 4 aromatic rings. The number of fused-ring (bicyclic) bond motifs is 1. The number of alkyl halides is 3. The molecule has 0 nitrogen and oxygen atoms in total. The van der Waals surface area contributed by atoms with Crippen molar-refractivity contribution in [1.29, 1.82) is 0 Å². The van der Waals surface area contributed by atoms with Crippen LogP contribution in [0.4, 0.5) is 13.2 Å². The lowest BCUT2D eigenvalue weighted by molar-refractivity contribution is -0.137. The molecule has 1 radical (unpaired) electrons. The first-order valence-electron chi connectivity index (χ1n) is 8.61. The monoisotopic (exact) mass is 361 g/mol. The summed E-state index contributed by atoms with van der Waals surface area (Å²) in [5.74, 6) is 0. The average Bonchev–Trinajstić information content (AvgIpc) is 2.67. The van der Waals surface area contributed by atoms with Crippen LogP contribution in [0.1, 0.15) is 11.1 Å². The van der Waals surface area contributed by atoms with Gasteiger partial charge in [0.25, 0.3) is 0 Å². The smallest absolute Gasteiger partial charge is 0.166 e. The zero-order valence-electron chi connectivity index (χ0n) is 14.6. The van der Waals surface area contributed by atoms with Gasteiger partial charge in [0.1, 0.15) is 0 Å². The number of hydrogen-bond donors (Lipinski definition) is 0. The number of hydrogen-bond acceptors (Lipinski definition) is 0. The Balaban J connectivity index is 1.92. The summed E-state index contributed by atoms with van der Waals surface area (Å²) in [5, 5.41) is 1.98. The first-order chi connectivity index (χ1) is 12.9. The molecule has 0 heterocycles. The van der Waals surface area contributed by atoms with Gasteiger partial charge in [0, 0.05) is 0 Å². The van der Waals surface area contributed by atoms with Gasteiger partial charge in [-0.15, -0.1) is 0 Å². The molecule has 0 N–H and O–H groups in total. The Morgan fingerprint density at radius 1 is 0.741 bits per heavy atom. The van der Waals surface area contributed by atoms with Crippen LogP contribution in [0.2, 0.25) is 0 Å². The van der Waals surface area contributed by atoms with E-state index < -0.39 is 11.7 Å². The molecule has 0 aliphatic carbocycles. The van der Waals surface area contributed by atoms with E-state index in [-0.39, 0.29) is 0 Å². The molecule has 0 unspecified atom stereocenters. The maximum Gasteiger partial charge on any atom is 0.416 e. The topological polar surface area (TPSA) is 0 Å². The van der Waals surface area contributed by atoms with Crippen LogP contribution in [0.25, 0.3) is 33.0 Å². The highest BCUT2D eigenvalue weighted by molar-refractivity contribution is 5.95. The molecular weight excluding hydrogens is 345 g/mol. The van der Waals surface area contributed by atoms with Crippen molar-refractivity contribution in [1.82, 2.24) is 0 Å². The van der Waals surface area contributed by atoms with Gasteiger partial charge in [0.15, 0.2) is 0 Å². The van der Waals surface area contributed by atoms with Gasteiger partial charge in [0.05, 0.1) is 5.56 Å². The Hall–Kier alpha value is -3.07. The van der Waals surface area contributed by atoms with Crippen LogP contribution in [-0.4, -0.2) is 0 Å². The Kier molecular flexibility index (Phi) is 4.23. The fourth-order valence-corrected chi connectivity index (χ4v) is 3.18. The minimum absolute atomic E-state index is 0.649. The van der Waals surface area contributed by atoms with Crippen molar-refractivity contribution in [2.24, 2.45) is 0 Å². The zero-order valence-corrected chi connectivity index (χ0v) is 14.6. The third-order valence-electron chi connectivity index (χ3n) is 4.65. The van der Waals surface area contributed by atoms with Crippen molar-refractivity contribution in [3.63, 3.8) is 0 Å². The van der Waals surface area contributed by atoms with E-state index in [1.165, 1.54) is 12.1 Å². The zero-order chi connectivity index (χ0) is 19.0. The predicted octanol–water partition coefficient (Wildman–Crippen LogP) is 7.30. The highest BCUT2D eigenvalue weighted by Gasteiger charge is 2.30. The van der Waals surface area contributed by atoms with Gasteiger partial charge in [-0.2, -0.15) is 13.2 Å². The summed E-state index contributed by atoms with van der Waals surface area (Å²) in [6, 6.07) is 26.7. The lowest BCUT2D eigenvalue weighted by Gasteiger charge is -2.14. The molecule has 0 bridgehead atoms. The fraction of sp³-hybridized carbons (Fsp3) is 0.0833. The molecule has 0 fully saturated rings. The van der Waals surface area contributed by atoms with E-state index in [1.54, 1.807) is 0 Å². The maximum absolute atomic E-state index is 12.9. The predicted molar refractivity (Wildman–Crippen MR) is 103 cm³/mol. The lowest BCUT2D eigenvalue weighted by atomic mass is 9.91. The third-order valence-corrected chi connectivity index (χ3v) is 4.65. The van der Waals surface area contributed by atoms with Crippen molar-refractivity contribution in [2.45, 2.75) is 13.1 Å². The molecule has 4 aromatic carbocycles. The minimum atomic E-state index is -4.34. The second-order valence-electron chi connectivity index (χ2n) is 6.59. The van der Waals surface area contributed by atoms with Gasteiger partial charge in [-0.05, 0) is 64.2 Å². The number of aryl methyl sites for hydroxylation is 1. The summed E-state index contributed by atoms with van der Waals surface area (Å²) in [6.07, 6.45) is -4.34. The SMILES string of the molecule is Cc1ccc(-c2cc3ccccc3[c]c2-c2ccc(C(F)(F)F)cc2)cc1. The number of benzene rings is 4. The standard InChI is InChI=1S/C24H16F3/c1-16-6-8-17(9-7-16)22-14-19-4-2-3-5-20(19)15-23(22)18-10-12-21(13-11-18)24(25,26)27/h2-14H,1H3. The van der Waals surface area contributed by atoms with Crippen LogP contribution < -0.4 is 0 Å². The Morgan fingerprint density at radius 3 is 2.04 bits per heavy atom. The average molecular weight is 361 g/mol. The molecule has 133 valence electrons. The molecule has 0 aliphatic heterocycles. The summed E-state index contributed by atoms with van der Waals surface area (Å²) < 4.78 is 38.7. The van der Waals surface area contributed by atoms with E-state index in [4.69, 9.17) is 0 Å². The van der Waals surface area contributed by atoms with Crippen molar-refractivity contribution < 1.29 is 13.2 Å². The van der Waals surface area contributed by atoms with E-state index in [9.17, 15) is 13.2 Å². The van der Waals surface area contributed by atoms with Crippen molar-refractivity contribution in [3.05, 3.63) is 96.1 Å². The first-order valence-corrected chi connectivity index (χ1v) is 8.61. The first kappa shape index (κ1) is 17.3. The van der Waals surface area contributed by atoms with Crippen LogP contribution in [0.5, 0.6) is 0 Å².